The van der Waals surface area contributed by atoms with Crippen LogP contribution < -0.4 is 5.43 Å². The first-order valence-corrected chi connectivity index (χ1v) is 8.90. The maximum atomic E-state index is 12.8. The van der Waals surface area contributed by atoms with Crippen LogP contribution in [0, 0.1) is 0 Å². The monoisotopic (exact) mass is 366 g/mol. The Kier molecular flexibility index (Phi) is 5.06. The van der Waals surface area contributed by atoms with Crippen molar-refractivity contribution in [2.24, 2.45) is 5.10 Å². The summed E-state index contributed by atoms with van der Waals surface area (Å²) in [6, 6.07) is 28.9. The fourth-order valence-corrected chi connectivity index (χ4v) is 2.83. The zero-order valence-electron chi connectivity index (χ0n) is 15.1. The van der Waals surface area contributed by atoms with E-state index in [1.165, 1.54) is 0 Å². The molecular formula is C23H18N4O. The molecule has 0 fully saturated rings. The molecule has 4 aromatic rings. The van der Waals surface area contributed by atoms with Crippen LogP contribution in [0.25, 0.3) is 16.9 Å². The van der Waals surface area contributed by atoms with Crippen LogP contribution in [0.4, 0.5) is 0 Å². The predicted octanol–water partition coefficient (Wildman–Crippen LogP) is 4.30. The van der Waals surface area contributed by atoms with Gasteiger partial charge < -0.3 is 0 Å². The normalized spacial score (nSPS) is 10.9. The second-order valence-corrected chi connectivity index (χ2v) is 6.15. The van der Waals surface area contributed by atoms with E-state index in [0.29, 0.717) is 11.3 Å². The number of carbonyl (C=O) groups is 1. The number of nitrogens with zero attached hydrogens (tertiary/aromatic N) is 3. The number of para-hydroxylation sites is 1. The number of rotatable bonds is 5. The van der Waals surface area contributed by atoms with Gasteiger partial charge in [0.1, 0.15) is 5.69 Å². The van der Waals surface area contributed by atoms with Crippen LogP contribution in [0.15, 0.2) is 102 Å². The van der Waals surface area contributed by atoms with Crippen LogP contribution in [-0.2, 0) is 0 Å². The van der Waals surface area contributed by atoms with Gasteiger partial charge in [0, 0.05) is 11.8 Å². The van der Waals surface area contributed by atoms with Gasteiger partial charge in [0.05, 0.1) is 17.5 Å². The van der Waals surface area contributed by atoms with Crippen LogP contribution in [0.1, 0.15) is 15.9 Å². The van der Waals surface area contributed by atoms with Crippen molar-refractivity contribution in [2.45, 2.75) is 0 Å². The highest BCUT2D eigenvalue weighted by molar-refractivity contribution is 6.00. The molecule has 1 amide bonds. The van der Waals surface area contributed by atoms with E-state index in [-0.39, 0.29) is 5.91 Å². The lowest BCUT2D eigenvalue weighted by Crippen LogP contribution is -2.17. The number of hydrazone groups is 1. The second kappa shape index (κ2) is 8.14. The Morgan fingerprint density at radius 1 is 0.857 bits per heavy atom. The average molecular weight is 366 g/mol. The Morgan fingerprint density at radius 2 is 1.46 bits per heavy atom. The Hall–Kier alpha value is -3.99. The maximum absolute atomic E-state index is 12.8. The molecular weight excluding hydrogens is 348 g/mol. The van der Waals surface area contributed by atoms with Crippen molar-refractivity contribution < 1.29 is 4.79 Å². The molecule has 5 heteroatoms. The summed E-state index contributed by atoms with van der Waals surface area (Å²) in [6.07, 6.45) is 3.34. The molecule has 1 N–H and O–H groups in total. The lowest BCUT2D eigenvalue weighted by molar-refractivity contribution is 0.0956. The lowest BCUT2D eigenvalue weighted by Gasteiger charge is -2.01. The quantitative estimate of drug-likeness (QED) is 0.423. The van der Waals surface area contributed by atoms with Crippen molar-refractivity contribution in [3.05, 3.63) is 108 Å². The second-order valence-electron chi connectivity index (χ2n) is 6.15. The minimum atomic E-state index is -0.312. The molecule has 0 spiro atoms. The Balaban J connectivity index is 1.65. The highest BCUT2D eigenvalue weighted by Gasteiger charge is 2.18. The van der Waals surface area contributed by atoms with Crippen molar-refractivity contribution in [1.29, 1.82) is 0 Å². The average Bonchev–Trinajstić information content (AvgIpc) is 3.21. The summed E-state index contributed by atoms with van der Waals surface area (Å²) in [6.45, 7) is 0. The Morgan fingerprint density at radius 3 is 2.14 bits per heavy atom. The number of hydrogen-bond acceptors (Lipinski definition) is 3. The van der Waals surface area contributed by atoms with E-state index in [4.69, 9.17) is 0 Å². The van der Waals surface area contributed by atoms with Gasteiger partial charge in [0.15, 0.2) is 0 Å². The molecule has 1 heterocycles. The van der Waals surface area contributed by atoms with Gasteiger partial charge >= 0.3 is 0 Å². The van der Waals surface area contributed by atoms with Gasteiger partial charge in [-0.3, -0.25) is 4.79 Å². The number of nitrogens with one attached hydrogen (secondary N) is 1. The third kappa shape index (κ3) is 3.88. The minimum Gasteiger partial charge on any atom is -0.267 e. The molecule has 0 atom stereocenters. The van der Waals surface area contributed by atoms with Crippen molar-refractivity contribution >= 4 is 12.1 Å². The summed E-state index contributed by atoms with van der Waals surface area (Å²) < 4.78 is 1.71. The van der Waals surface area contributed by atoms with Crippen molar-refractivity contribution in [3.63, 3.8) is 0 Å². The molecule has 0 radical (unpaired) electrons. The van der Waals surface area contributed by atoms with E-state index in [1.54, 1.807) is 17.1 Å². The largest absolute Gasteiger partial charge is 0.275 e. The number of hydrogen-bond donors (Lipinski definition) is 1. The smallest absolute Gasteiger partial charge is 0.267 e. The summed E-state index contributed by atoms with van der Waals surface area (Å²) in [4.78, 5) is 12.8. The van der Waals surface area contributed by atoms with Gasteiger partial charge in [-0.2, -0.15) is 10.2 Å². The fraction of sp³-hybridized carbons (Fsp3) is 0. The number of carbonyl (C=O) groups excluding carboxylic acids is 1. The predicted molar refractivity (Wildman–Crippen MR) is 111 cm³/mol. The topological polar surface area (TPSA) is 59.3 Å². The first-order chi connectivity index (χ1) is 13.8. The fourth-order valence-electron chi connectivity index (χ4n) is 2.83. The molecule has 136 valence electrons. The third-order valence-electron chi connectivity index (χ3n) is 4.21. The number of benzene rings is 3. The van der Waals surface area contributed by atoms with E-state index in [1.807, 2.05) is 91.0 Å². The van der Waals surface area contributed by atoms with Crippen molar-refractivity contribution in [2.75, 3.05) is 0 Å². The van der Waals surface area contributed by atoms with Crippen LogP contribution in [0.3, 0.4) is 0 Å². The lowest BCUT2D eigenvalue weighted by atomic mass is 10.1. The third-order valence-corrected chi connectivity index (χ3v) is 4.21. The van der Waals surface area contributed by atoms with E-state index >= 15 is 0 Å². The maximum Gasteiger partial charge on any atom is 0.275 e. The molecule has 0 bridgehead atoms. The molecule has 1 aromatic heterocycles. The van der Waals surface area contributed by atoms with Gasteiger partial charge in [-0.05, 0) is 17.7 Å². The molecule has 3 aromatic carbocycles. The zero-order valence-corrected chi connectivity index (χ0v) is 15.1. The van der Waals surface area contributed by atoms with E-state index < -0.39 is 0 Å². The molecule has 0 aliphatic carbocycles. The SMILES string of the molecule is O=C(N/N=C/c1ccccc1)c1cn(-c2ccccc2)nc1-c1ccccc1. The molecule has 0 aliphatic heterocycles. The highest BCUT2D eigenvalue weighted by Crippen LogP contribution is 2.23. The van der Waals surface area contributed by atoms with Crippen LogP contribution in [0.2, 0.25) is 0 Å². The van der Waals surface area contributed by atoms with Gasteiger partial charge in [-0.25, -0.2) is 10.1 Å². The van der Waals surface area contributed by atoms with E-state index in [2.05, 4.69) is 15.6 Å². The highest BCUT2D eigenvalue weighted by atomic mass is 16.2. The number of aromatic nitrogens is 2. The van der Waals surface area contributed by atoms with Crippen molar-refractivity contribution in [1.82, 2.24) is 15.2 Å². The van der Waals surface area contributed by atoms with Crippen LogP contribution in [-0.4, -0.2) is 21.9 Å². The van der Waals surface area contributed by atoms with E-state index in [9.17, 15) is 4.79 Å². The summed E-state index contributed by atoms with van der Waals surface area (Å²) >= 11 is 0. The first kappa shape index (κ1) is 17.4. The molecule has 0 saturated heterocycles. The molecule has 0 unspecified atom stereocenters. The van der Waals surface area contributed by atoms with Crippen molar-refractivity contribution in [3.8, 4) is 16.9 Å². The van der Waals surface area contributed by atoms with Gasteiger partial charge in [0.25, 0.3) is 5.91 Å². The molecule has 0 aliphatic rings. The van der Waals surface area contributed by atoms with Gasteiger partial charge in [-0.15, -0.1) is 0 Å². The summed E-state index contributed by atoms with van der Waals surface area (Å²) in [7, 11) is 0. The zero-order chi connectivity index (χ0) is 19.2. The summed E-state index contributed by atoms with van der Waals surface area (Å²) in [5.41, 5.74) is 6.33. The summed E-state index contributed by atoms with van der Waals surface area (Å²) in [5, 5.41) is 8.72. The Labute approximate surface area is 163 Å². The van der Waals surface area contributed by atoms with E-state index in [0.717, 1.165) is 16.8 Å². The molecule has 28 heavy (non-hydrogen) atoms. The van der Waals surface area contributed by atoms with Crippen LogP contribution >= 0.6 is 0 Å². The molecule has 4 rings (SSSR count). The molecule has 0 saturated carbocycles. The number of amides is 1. The standard InChI is InChI=1S/C23H18N4O/c28-23(25-24-16-18-10-4-1-5-11-18)21-17-27(20-14-8-3-9-15-20)26-22(21)19-12-6-2-7-13-19/h1-17H,(H,25,28)/b24-16+. The van der Waals surface area contributed by atoms with Crippen LogP contribution in [0.5, 0.6) is 0 Å². The summed E-state index contributed by atoms with van der Waals surface area (Å²) in [5.74, 6) is -0.312. The van der Waals surface area contributed by atoms with Gasteiger partial charge in [0.2, 0.25) is 0 Å². The molecule has 5 nitrogen and oxygen atoms in total. The minimum absolute atomic E-state index is 0.312. The Bertz CT molecular complexity index is 1090. The van der Waals surface area contributed by atoms with Gasteiger partial charge in [-0.1, -0.05) is 78.9 Å². The first-order valence-electron chi connectivity index (χ1n) is 8.90.